The van der Waals surface area contributed by atoms with Gasteiger partial charge in [-0.2, -0.15) is 0 Å². The van der Waals surface area contributed by atoms with Crippen molar-refractivity contribution in [2.75, 3.05) is 0 Å². The van der Waals surface area contributed by atoms with Crippen LogP contribution in [-0.2, 0) is 4.79 Å². The molecule has 52 valence electrons. The van der Waals surface area contributed by atoms with Crippen molar-refractivity contribution in [2.24, 2.45) is 0 Å². The summed E-state index contributed by atoms with van der Waals surface area (Å²) in [6, 6.07) is 0. The molecule has 0 unspecified atom stereocenters. The fourth-order valence-corrected chi connectivity index (χ4v) is 0.874. The van der Waals surface area contributed by atoms with Crippen molar-refractivity contribution < 1.29 is 4.79 Å². The molecule has 0 bridgehead atoms. The average molecular weight is 147 g/mol. The number of hydrogen-bond acceptors (Lipinski definition) is 1. The molecule has 2 heteroatoms. The van der Waals surface area contributed by atoms with Gasteiger partial charge in [-0.25, -0.2) is 0 Å². The first-order valence-electron chi connectivity index (χ1n) is 3.03. The summed E-state index contributed by atoms with van der Waals surface area (Å²) in [6.07, 6.45) is 3.26. The smallest absolute Gasteiger partial charge is 0.153 e. The van der Waals surface area contributed by atoms with E-state index in [1.807, 2.05) is 6.92 Å². The molecule has 0 amide bonds. The summed E-state index contributed by atoms with van der Waals surface area (Å²) in [5.74, 6) is 0.0217. The van der Waals surface area contributed by atoms with Gasteiger partial charge in [-0.05, 0) is 19.4 Å². The Balaban J connectivity index is 3.69. The first kappa shape index (κ1) is 8.70. The van der Waals surface area contributed by atoms with Crippen LogP contribution in [0.2, 0.25) is 0 Å². The lowest BCUT2D eigenvalue weighted by Crippen LogP contribution is -1.82. The SMILES string of the molecule is CCC/C(Cl)=C\C(C)=O. The third-order valence-corrected chi connectivity index (χ3v) is 1.15. The molecule has 0 aromatic rings. The fourth-order valence-electron chi connectivity index (χ4n) is 0.532. The minimum absolute atomic E-state index is 0.0217. The van der Waals surface area contributed by atoms with Crippen LogP contribution < -0.4 is 0 Å². The molecule has 0 aromatic heterocycles. The van der Waals surface area contributed by atoms with Crippen LogP contribution in [0.5, 0.6) is 0 Å². The number of rotatable bonds is 3. The monoisotopic (exact) mass is 146 g/mol. The maximum absolute atomic E-state index is 10.4. The van der Waals surface area contributed by atoms with Crippen molar-refractivity contribution >= 4 is 17.4 Å². The quantitative estimate of drug-likeness (QED) is 0.560. The van der Waals surface area contributed by atoms with Gasteiger partial charge in [-0.15, -0.1) is 0 Å². The molecule has 0 aliphatic carbocycles. The molecule has 0 saturated heterocycles. The Bertz CT molecular complexity index is 127. The van der Waals surface area contributed by atoms with E-state index in [4.69, 9.17) is 11.6 Å². The van der Waals surface area contributed by atoms with E-state index in [1.54, 1.807) is 0 Å². The molecule has 9 heavy (non-hydrogen) atoms. The molecule has 1 nitrogen and oxygen atoms in total. The van der Waals surface area contributed by atoms with Crippen molar-refractivity contribution in [1.29, 1.82) is 0 Å². The van der Waals surface area contributed by atoms with Crippen LogP contribution in [0.15, 0.2) is 11.1 Å². The van der Waals surface area contributed by atoms with Crippen LogP contribution in [0.25, 0.3) is 0 Å². The number of carbonyl (C=O) groups excluding carboxylic acids is 1. The lowest BCUT2D eigenvalue weighted by atomic mass is 10.3. The van der Waals surface area contributed by atoms with Gasteiger partial charge in [0.05, 0.1) is 0 Å². The zero-order chi connectivity index (χ0) is 7.28. The third kappa shape index (κ3) is 5.57. The van der Waals surface area contributed by atoms with Gasteiger partial charge in [0.1, 0.15) is 0 Å². The maximum Gasteiger partial charge on any atom is 0.153 e. The van der Waals surface area contributed by atoms with E-state index in [2.05, 4.69) is 0 Å². The number of allylic oxidation sites excluding steroid dienone is 2. The van der Waals surface area contributed by atoms with Gasteiger partial charge in [-0.3, -0.25) is 4.79 Å². The van der Waals surface area contributed by atoms with Crippen molar-refractivity contribution in [3.05, 3.63) is 11.1 Å². The zero-order valence-electron chi connectivity index (χ0n) is 5.78. The third-order valence-electron chi connectivity index (χ3n) is 0.849. The van der Waals surface area contributed by atoms with Gasteiger partial charge >= 0.3 is 0 Å². The summed E-state index contributed by atoms with van der Waals surface area (Å²) < 4.78 is 0. The highest BCUT2D eigenvalue weighted by molar-refractivity contribution is 6.30. The van der Waals surface area contributed by atoms with E-state index in [1.165, 1.54) is 13.0 Å². The molecular weight excluding hydrogens is 136 g/mol. The average Bonchev–Trinajstić information content (AvgIpc) is 1.63. The Morgan fingerprint density at radius 2 is 2.22 bits per heavy atom. The second-order valence-corrected chi connectivity index (χ2v) is 2.44. The van der Waals surface area contributed by atoms with Crippen LogP contribution in [0, 0.1) is 0 Å². The standard InChI is InChI=1S/C7H11ClO/c1-3-4-7(8)5-6(2)9/h5H,3-4H2,1-2H3/b7-5+. The van der Waals surface area contributed by atoms with Crippen molar-refractivity contribution in [1.82, 2.24) is 0 Å². The maximum atomic E-state index is 10.4. The van der Waals surface area contributed by atoms with Crippen LogP contribution in [0.1, 0.15) is 26.7 Å². The van der Waals surface area contributed by atoms with Crippen LogP contribution in [-0.4, -0.2) is 5.78 Å². The second-order valence-electron chi connectivity index (χ2n) is 1.95. The molecule has 0 N–H and O–H groups in total. The van der Waals surface area contributed by atoms with Crippen molar-refractivity contribution in [3.8, 4) is 0 Å². The van der Waals surface area contributed by atoms with Gasteiger partial charge in [0.25, 0.3) is 0 Å². The van der Waals surface area contributed by atoms with Crippen LogP contribution in [0.4, 0.5) is 0 Å². The molecule has 0 aromatic carbocycles. The fraction of sp³-hybridized carbons (Fsp3) is 0.571. The Labute approximate surface area is 60.7 Å². The molecule has 0 spiro atoms. The number of hydrogen-bond donors (Lipinski definition) is 0. The first-order chi connectivity index (χ1) is 4.16. The Morgan fingerprint density at radius 1 is 1.67 bits per heavy atom. The molecular formula is C7H11ClO. The zero-order valence-corrected chi connectivity index (χ0v) is 6.53. The molecule has 0 fully saturated rings. The molecule has 0 aliphatic heterocycles. The van der Waals surface area contributed by atoms with E-state index < -0.39 is 0 Å². The molecule has 0 rings (SSSR count). The summed E-state index contributed by atoms with van der Waals surface area (Å²) in [4.78, 5) is 10.4. The predicted octanol–water partition coefficient (Wildman–Crippen LogP) is 2.50. The Morgan fingerprint density at radius 3 is 2.56 bits per heavy atom. The van der Waals surface area contributed by atoms with E-state index in [0.29, 0.717) is 5.03 Å². The van der Waals surface area contributed by atoms with E-state index in [9.17, 15) is 4.79 Å². The van der Waals surface area contributed by atoms with Gasteiger partial charge in [-0.1, -0.05) is 24.9 Å². The number of halogens is 1. The molecule has 0 radical (unpaired) electrons. The summed E-state index contributed by atoms with van der Waals surface area (Å²) in [5.41, 5.74) is 0. The van der Waals surface area contributed by atoms with Gasteiger partial charge in [0, 0.05) is 5.03 Å². The van der Waals surface area contributed by atoms with Crippen LogP contribution in [0.3, 0.4) is 0 Å². The minimum atomic E-state index is 0.0217. The molecule has 0 saturated carbocycles. The summed E-state index contributed by atoms with van der Waals surface area (Å²) in [7, 11) is 0. The topological polar surface area (TPSA) is 17.1 Å². The van der Waals surface area contributed by atoms with E-state index in [0.717, 1.165) is 12.8 Å². The normalized spacial score (nSPS) is 11.7. The highest BCUT2D eigenvalue weighted by atomic mass is 35.5. The number of ketones is 1. The molecule has 0 heterocycles. The summed E-state index contributed by atoms with van der Waals surface area (Å²) >= 11 is 5.62. The lowest BCUT2D eigenvalue weighted by Gasteiger charge is -1.90. The minimum Gasteiger partial charge on any atom is -0.295 e. The highest BCUT2D eigenvalue weighted by Gasteiger charge is 1.90. The molecule has 0 aliphatic rings. The van der Waals surface area contributed by atoms with Gasteiger partial charge in [0.2, 0.25) is 0 Å². The highest BCUT2D eigenvalue weighted by Crippen LogP contribution is 2.08. The largest absolute Gasteiger partial charge is 0.295 e. The Kier molecular flexibility index (Phi) is 4.41. The summed E-state index contributed by atoms with van der Waals surface area (Å²) in [5, 5.41) is 0.657. The van der Waals surface area contributed by atoms with Gasteiger partial charge < -0.3 is 0 Å². The summed E-state index contributed by atoms with van der Waals surface area (Å²) in [6.45, 7) is 3.52. The Hall–Kier alpha value is -0.300. The van der Waals surface area contributed by atoms with E-state index in [-0.39, 0.29) is 5.78 Å². The van der Waals surface area contributed by atoms with Crippen molar-refractivity contribution in [3.63, 3.8) is 0 Å². The first-order valence-corrected chi connectivity index (χ1v) is 3.41. The number of carbonyl (C=O) groups is 1. The predicted molar refractivity (Wildman–Crippen MR) is 39.5 cm³/mol. The van der Waals surface area contributed by atoms with E-state index >= 15 is 0 Å². The van der Waals surface area contributed by atoms with Crippen molar-refractivity contribution in [2.45, 2.75) is 26.7 Å². The second kappa shape index (κ2) is 4.57. The van der Waals surface area contributed by atoms with Gasteiger partial charge in [0.15, 0.2) is 5.78 Å². The lowest BCUT2D eigenvalue weighted by molar-refractivity contribution is -0.112. The van der Waals surface area contributed by atoms with Crippen LogP contribution >= 0.6 is 11.6 Å². The molecule has 0 atom stereocenters.